The first-order valence-corrected chi connectivity index (χ1v) is 12.6. The lowest BCUT2D eigenvalue weighted by Crippen LogP contribution is -2.36. The number of hydrogen-bond donors (Lipinski definition) is 2. The number of aryl methyl sites for hydroxylation is 2. The van der Waals surface area contributed by atoms with Crippen molar-refractivity contribution in [3.8, 4) is 22.9 Å². The number of aliphatic hydroxyl groups is 1. The van der Waals surface area contributed by atoms with Gasteiger partial charge in [0.2, 0.25) is 5.95 Å². The summed E-state index contributed by atoms with van der Waals surface area (Å²) < 4.78 is 5.51. The van der Waals surface area contributed by atoms with E-state index in [9.17, 15) is 15.2 Å². The number of aliphatic hydroxyl groups excluding tert-OH is 1. The van der Waals surface area contributed by atoms with Crippen molar-refractivity contribution in [2.75, 3.05) is 30.4 Å². The van der Waals surface area contributed by atoms with E-state index in [-0.39, 0.29) is 12.0 Å². The predicted octanol–water partition coefficient (Wildman–Crippen LogP) is 3.86. The van der Waals surface area contributed by atoms with Crippen LogP contribution in [0.15, 0.2) is 30.5 Å². The van der Waals surface area contributed by atoms with Crippen LogP contribution in [-0.4, -0.2) is 57.3 Å². The number of fused-ring (bicyclic) bond motifs is 1. The van der Waals surface area contributed by atoms with Crippen molar-refractivity contribution in [1.82, 2.24) is 19.9 Å². The maximum absolute atomic E-state index is 13.4. The van der Waals surface area contributed by atoms with E-state index < -0.39 is 0 Å². The Kier molecular flexibility index (Phi) is 6.69. The number of nitriles is 1. The molecule has 1 amide bonds. The highest BCUT2D eigenvalue weighted by Crippen LogP contribution is 2.35. The zero-order valence-corrected chi connectivity index (χ0v) is 21.5. The SMILES string of the molecule is COc1ccc(C#N)cc1-c1cc(C)ncc1C(=O)Nc1nc2c(C)nc(N3CCC(O)CC3)nc2s1. The summed E-state index contributed by atoms with van der Waals surface area (Å²) in [6, 6.07) is 9.00. The summed E-state index contributed by atoms with van der Waals surface area (Å²) in [5.74, 6) is 0.761. The number of anilines is 2. The number of nitrogens with zero attached hydrogens (tertiary/aromatic N) is 6. The molecule has 10 nitrogen and oxygen atoms in total. The van der Waals surface area contributed by atoms with E-state index in [1.807, 2.05) is 13.8 Å². The smallest absolute Gasteiger partial charge is 0.259 e. The van der Waals surface area contributed by atoms with Gasteiger partial charge in [0.1, 0.15) is 11.3 Å². The molecule has 5 rings (SSSR count). The topological polar surface area (TPSA) is 137 Å². The minimum atomic E-state index is -0.387. The lowest BCUT2D eigenvalue weighted by molar-refractivity contribution is 0.102. The van der Waals surface area contributed by atoms with Crippen LogP contribution in [0.1, 0.15) is 40.2 Å². The van der Waals surface area contributed by atoms with Gasteiger partial charge in [-0.15, -0.1) is 0 Å². The zero-order chi connectivity index (χ0) is 26.1. The van der Waals surface area contributed by atoms with E-state index in [1.165, 1.54) is 17.5 Å². The van der Waals surface area contributed by atoms with Gasteiger partial charge >= 0.3 is 0 Å². The summed E-state index contributed by atoms with van der Waals surface area (Å²) in [5, 5.41) is 22.5. The molecule has 0 unspecified atom stereocenters. The predicted molar refractivity (Wildman–Crippen MR) is 141 cm³/mol. The Hall–Kier alpha value is -4.14. The average Bonchev–Trinajstić information content (AvgIpc) is 3.31. The second-order valence-corrected chi connectivity index (χ2v) is 9.83. The number of rotatable bonds is 5. The number of hydrogen-bond acceptors (Lipinski definition) is 10. The van der Waals surface area contributed by atoms with Crippen molar-refractivity contribution < 1.29 is 14.6 Å². The van der Waals surface area contributed by atoms with E-state index in [1.54, 1.807) is 31.4 Å². The highest BCUT2D eigenvalue weighted by molar-refractivity contribution is 7.22. The molecule has 0 saturated carbocycles. The summed E-state index contributed by atoms with van der Waals surface area (Å²) in [6.07, 6.45) is 2.59. The Morgan fingerprint density at radius 2 is 1.97 bits per heavy atom. The van der Waals surface area contributed by atoms with Crippen LogP contribution >= 0.6 is 11.3 Å². The number of amides is 1. The lowest BCUT2D eigenvalue weighted by Gasteiger charge is -2.29. The molecule has 0 aliphatic carbocycles. The number of benzene rings is 1. The minimum Gasteiger partial charge on any atom is -0.496 e. The Labute approximate surface area is 217 Å². The first kappa shape index (κ1) is 24.5. The largest absolute Gasteiger partial charge is 0.496 e. The summed E-state index contributed by atoms with van der Waals surface area (Å²) >= 11 is 1.27. The van der Waals surface area contributed by atoms with Gasteiger partial charge in [-0.2, -0.15) is 10.2 Å². The van der Waals surface area contributed by atoms with Crippen LogP contribution in [0.3, 0.4) is 0 Å². The summed E-state index contributed by atoms with van der Waals surface area (Å²) in [4.78, 5) is 34.3. The number of ether oxygens (including phenoxy) is 1. The van der Waals surface area contributed by atoms with Gasteiger partial charge in [-0.1, -0.05) is 11.3 Å². The molecular weight excluding hydrogens is 490 g/mol. The fourth-order valence-corrected chi connectivity index (χ4v) is 5.20. The highest BCUT2D eigenvalue weighted by Gasteiger charge is 2.23. The Balaban J connectivity index is 1.47. The number of piperidine rings is 1. The van der Waals surface area contributed by atoms with E-state index in [4.69, 9.17) is 4.74 Å². The van der Waals surface area contributed by atoms with E-state index in [2.05, 4.69) is 36.2 Å². The molecule has 0 radical (unpaired) electrons. The maximum Gasteiger partial charge on any atom is 0.259 e. The molecule has 1 fully saturated rings. The maximum atomic E-state index is 13.4. The highest BCUT2D eigenvalue weighted by atomic mass is 32.1. The number of pyridine rings is 1. The lowest BCUT2D eigenvalue weighted by atomic mass is 9.97. The van der Waals surface area contributed by atoms with Gasteiger partial charge in [0.05, 0.1) is 36.1 Å². The molecule has 2 N–H and O–H groups in total. The number of thiazole rings is 1. The van der Waals surface area contributed by atoms with Crippen LogP contribution in [-0.2, 0) is 0 Å². The molecule has 188 valence electrons. The Morgan fingerprint density at radius 3 is 2.70 bits per heavy atom. The third-order valence-corrected chi connectivity index (χ3v) is 7.16. The van der Waals surface area contributed by atoms with E-state index in [0.29, 0.717) is 75.4 Å². The van der Waals surface area contributed by atoms with Crippen LogP contribution < -0.4 is 15.0 Å². The quantitative estimate of drug-likeness (QED) is 0.406. The molecule has 0 bridgehead atoms. The molecule has 1 aromatic carbocycles. The molecule has 1 aliphatic heterocycles. The van der Waals surface area contributed by atoms with Crippen molar-refractivity contribution in [3.05, 3.63) is 53.0 Å². The number of aromatic nitrogens is 4. The summed E-state index contributed by atoms with van der Waals surface area (Å²) in [6.45, 7) is 5.08. The number of carbonyl (C=O) groups is 1. The monoisotopic (exact) mass is 515 g/mol. The second kappa shape index (κ2) is 10.1. The molecule has 4 heterocycles. The third kappa shape index (κ3) is 4.94. The van der Waals surface area contributed by atoms with Crippen molar-refractivity contribution in [3.63, 3.8) is 0 Å². The average molecular weight is 516 g/mol. The van der Waals surface area contributed by atoms with Crippen LogP contribution in [0.2, 0.25) is 0 Å². The molecule has 3 aromatic heterocycles. The van der Waals surface area contributed by atoms with Gasteiger partial charge in [0.15, 0.2) is 9.96 Å². The van der Waals surface area contributed by atoms with Crippen LogP contribution in [0, 0.1) is 25.2 Å². The van der Waals surface area contributed by atoms with Gasteiger partial charge < -0.3 is 14.7 Å². The zero-order valence-electron chi connectivity index (χ0n) is 20.6. The van der Waals surface area contributed by atoms with Gasteiger partial charge in [0, 0.05) is 36.1 Å². The fraction of sp³-hybridized carbons (Fsp3) is 0.308. The van der Waals surface area contributed by atoms with Crippen LogP contribution in [0.25, 0.3) is 21.5 Å². The number of nitrogens with one attached hydrogen (secondary N) is 1. The summed E-state index contributed by atoms with van der Waals surface area (Å²) in [5.41, 5.74) is 4.08. The number of carbonyl (C=O) groups excluding carboxylic acids is 1. The molecule has 4 aromatic rings. The summed E-state index contributed by atoms with van der Waals surface area (Å²) in [7, 11) is 1.55. The second-order valence-electron chi connectivity index (χ2n) is 8.85. The molecule has 0 spiro atoms. The van der Waals surface area contributed by atoms with E-state index in [0.717, 1.165) is 11.4 Å². The molecular formula is C26H25N7O3S. The molecule has 1 aliphatic rings. The van der Waals surface area contributed by atoms with Crippen LogP contribution in [0.4, 0.5) is 11.1 Å². The van der Waals surface area contributed by atoms with Gasteiger partial charge in [-0.3, -0.25) is 15.1 Å². The number of methoxy groups -OCH3 is 1. The van der Waals surface area contributed by atoms with E-state index >= 15 is 0 Å². The standard InChI is InChI=1S/C26H25N7O3S/c1-14-10-18(19-11-16(12-27)4-5-21(19)36-3)20(13-28-14)23(35)31-26-30-22-15(2)29-25(32-24(22)37-26)33-8-6-17(34)7-9-33/h4-5,10-11,13,17,34H,6-9H2,1-3H3,(H,30,31,35). The fourth-order valence-electron chi connectivity index (χ4n) is 4.32. The minimum absolute atomic E-state index is 0.283. The Bertz CT molecular complexity index is 1540. The Morgan fingerprint density at radius 1 is 1.19 bits per heavy atom. The molecule has 11 heteroatoms. The molecule has 1 saturated heterocycles. The first-order chi connectivity index (χ1) is 17.9. The van der Waals surface area contributed by atoms with Gasteiger partial charge in [0.25, 0.3) is 5.91 Å². The first-order valence-electron chi connectivity index (χ1n) is 11.8. The molecule has 0 atom stereocenters. The third-order valence-electron chi connectivity index (χ3n) is 6.29. The van der Waals surface area contributed by atoms with Crippen LogP contribution in [0.5, 0.6) is 5.75 Å². The normalized spacial score (nSPS) is 14.0. The van der Waals surface area contributed by atoms with Crippen molar-refractivity contribution in [1.29, 1.82) is 5.26 Å². The van der Waals surface area contributed by atoms with Crippen molar-refractivity contribution >= 4 is 38.7 Å². The van der Waals surface area contributed by atoms with Gasteiger partial charge in [-0.05, 0) is 51.0 Å². The van der Waals surface area contributed by atoms with Crippen molar-refractivity contribution in [2.24, 2.45) is 0 Å². The molecule has 37 heavy (non-hydrogen) atoms. The van der Waals surface area contributed by atoms with Gasteiger partial charge in [-0.25, -0.2) is 9.97 Å². The van der Waals surface area contributed by atoms with Crippen molar-refractivity contribution in [2.45, 2.75) is 32.8 Å².